The van der Waals surface area contributed by atoms with Gasteiger partial charge in [-0.1, -0.05) is 57.2 Å². The van der Waals surface area contributed by atoms with Gasteiger partial charge in [-0.05, 0) is 30.9 Å². The highest BCUT2D eigenvalue weighted by Gasteiger charge is 2.24. The summed E-state index contributed by atoms with van der Waals surface area (Å²) in [5.41, 5.74) is 1.52. The van der Waals surface area contributed by atoms with Gasteiger partial charge in [0.15, 0.2) is 0 Å². The van der Waals surface area contributed by atoms with Crippen molar-refractivity contribution in [1.82, 2.24) is 5.32 Å². The second-order valence-electron chi connectivity index (χ2n) is 6.86. The number of carbonyl (C=O) groups is 1. The third-order valence-corrected chi connectivity index (χ3v) is 5.93. The molecule has 1 aliphatic rings. The van der Waals surface area contributed by atoms with Gasteiger partial charge in [0.25, 0.3) is 0 Å². The summed E-state index contributed by atoms with van der Waals surface area (Å²) in [6.07, 6.45) is 9.79. The predicted octanol–water partition coefficient (Wildman–Crippen LogP) is 3.24. The highest BCUT2D eigenvalue weighted by molar-refractivity contribution is 7.92. The molecular weight excluding hydrogens is 336 g/mol. The van der Waals surface area contributed by atoms with Crippen molar-refractivity contribution < 1.29 is 13.2 Å². The van der Waals surface area contributed by atoms with Crippen LogP contribution >= 0.6 is 0 Å². The zero-order chi connectivity index (χ0) is 18.3. The molecule has 0 unspecified atom stereocenters. The molecule has 1 saturated carbocycles. The van der Waals surface area contributed by atoms with Crippen molar-refractivity contribution in [3.63, 3.8) is 0 Å². The quantitative estimate of drug-likeness (QED) is 0.840. The number of amides is 1. The second kappa shape index (κ2) is 9.22. The van der Waals surface area contributed by atoms with Gasteiger partial charge in [0.1, 0.15) is 6.54 Å². The lowest BCUT2D eigenvalue weighted by atomic mass is 9.97. The van der Waals surface area contributed by atoms with Crippen LogP contribution in [-0.4, -0.2) is 33.2 Å². The highest BCUT2D eigenvalue weighted by atomic mass is 32.2. The lowest BCUT2D eigenvalue weighted by Gasteiger charge is -2.26. The van der Waals surface area contributed by atoms with Gasteiger partial charge >= 0.3 is 0 Å². The minimum absolute atomic E-state index is 0.160. The Kier molecular flexibility index (Phi) is 7.29. The maximum absolute atomic E-state index is 12.5. The van der Waals surface area contributed by atoms with Gasteiger partial charge in [0, 0.05) is 6.04 Å². The van der Waals surface area contributed by atoms with Gasteiger partial charge in [0.05, 0.1) is 11.9 Å². The SMILES string of the molecule is CCc1ccccc1N(CC(=O)NC1CCCCCCC1)S(C)(=O)=O. The van der Waals surface area contributed by atoms with Gasteiger partial charge in [0.2, 0.25) is 15.9 Å². The Morgan fingerprint density at radius 2 is 1.72 bits per heavy atom. The summed E-state index contributed by atoms with van der Waals surface area (Å²) in [5, 5.41) is 3.05. The zero-order valence-corrected chi connectivity index (χ0v) is 16.1. The van der Waals surface area contributed by atoms with Gasteiger partial charge in [-0.2, -0.15) is 0 Å². The Bertz CT molecular complexity index is 665. The Labute approximate surface area is 151 Å². The van der Waals surface area contributed by atoms with Crippen molar-refractivity contribution in [3.8, 4) is 0 Å². The number of hydrogen-bond donors (Lipinski definition) is 1. The van der Waals surface area contributed by atoms with Gasteiger partial charge in [-0.25, -0.2) is 8.42 Å². The first-order chi connectivity index (χ1) is 11.9. The van der Waals surface area contributed by atoms with Crippen LogP contribution in [0.4, 0.5) is 5.69 Å². The third-order valence-electron chi connectivity index (χ3n) is 4.80. The van der Waals surface area contributed by atoms with Crippen LogP contribution in [0.2, 0.25) is 0 Å². The van der Waals surface area contributed by atoms with Crippen LogP contribution in [-0.2, 0) is 21.2 Å². The molecular formula is C19H30N2O3S. The fraction of sp³-hybridized carbons (Fsp3) is 0.632. The number of benzene rings is 1. The summed E-state index contributed by atoms with van der Waals surface area (Å²) in [6.45, 7) is 1.82. The fourth-order valence-corrected chi connectivity index (χ4v) is 4.33. The van der Waals surface area contributed by atoms with Crippen LogP contribution in [0.5, 0.6) is 0 Å². The fourth-order valence-electron chi connectivity index (χ4n) is 3.44. The van der Waals surface area contributed by atoms with Gasteiger partial charge < -0.3 is 5.32 Å². The molecule has 0 radical (unpaired) electrons. The second-order valence-corrected chi connectivity index (χ2v) is 8.77. The van der Waals surface area contributed by atoms with E-state index in [1.54, 1.807) is 12.1 Å². The maximum Gasteiger partial charge on any atom is 0.240 e. The van der Waals surface area contributed by atoms with Crippen LogP contribution < -0.4 is 9.62 Å². The third kappa shape index (κ3) is 6.03. The minimum atomic E-state index is -3.53. The topological polar surface area (TPSA) is 66.5 Å². The molecule has 0 spiro atoms. The number of para-hydroxylation sites is 1. The van der Waals surface area contributed by atoms with E-state index in [0.717, 1.165) is 37.5 Å². The van der Waals surface area contributed by atoms with E-state index in [4.69, 9.17) is 0 Å². The van der Waals surface area contributed by atoms with E-state index in [1.165, 1.54) is 23.6 Å². The molecule has 1 aromatic carbocycles. The summed E-state index contributed by atoms with van der Waals surface area (Å²) in [4.78, 5) is 12.5. The molecule has 0 saturated heterocycles. The molecule has 2 rings (SSSR count). The Morgan fingerprint density at radius 1 is 1.12 bits per heavy atom. The molecule has 0 aromatic heterocycles. The molecule has 0 atom stereocenters. The average Bonchev–Trinajstić information content (AvgIpc) is 2.54. The average molecular weight is 367 g/mol. The molecule has 25 heavy (non-hydrogen) atoms. The van der Waals surface area contributed by atoms with Crippen molar-refractivity contribution in [2.75, 3.05) is 17.1 Å². The Hall–Kier alpha value is -1.56. The Morgan fingerprint density at radius 3 is 2.32 bits per heavy atom. The monoisotopic (exact) mass is 366 g/mol. The maximum atomic E-state index is 12.5. The molecule has 1 amide bonds. The van der Waals surface area contributed by atoms with E-state index >= 15 is 0 Å². The lowest BCUT2D eigenvalue weighted by Crippen LogP contribution is -2.44. The first kappa shape index (κ1) is 19.8. The normalized spacial score (nSPS) is 16.7. The van der Waals surface area contributed by atoms with Crippen LogP contribution in [0.25, 0.3) is 0 Å². The van der Waals surface area contributed by atoms with Crippen molar-refractivity contribution in [2.45, 2.75) is 64.3 Å². The molecule has 6 heteroatoms. The number of sulfonamides is 1. The number of nitrogens with one attached hydrogen (secondary N) is 1. The number of anilines is 1. The molecule has 1 aliphatic carbocycles. The van der Waals surface area contributed by atoms with Crippen molar-refractivity contribution in [1.29, 1.82) is 0 Å². The summed E-state index contributed by atoms with van der Waals surface area (Å²) < 4.78 is 25.8. The number of aryl methyl sites for hydroxylation is 1. The summed E-state index contributed by atoms with van der Waals surface area (Å²) in [6, 6.07) is 7.52. The number of rotatable bonds is 6. The van der Waals surface area contributed by atoms with E-state index in [-0.39, 0.29) is 18.5 Å². The standard InChI is InChI=1S/C19H30N2O3S/c1-3-16-11-9-10-14-18(16)21(25(2,23)24)15-19(22)20-17-12-7-5-4-6-8-13-17/h9-11,14,17H,3-8,12-13,15H2,1-2H3,(H,20,22). The first-order valence-corrected chi connectivity index (χ1v) is 11.1. The summed E-state index contributed by atoms with van der Waals surface area (Å²) in [7, 11) is -3.53. The van der Waals surface area contributed by atoms with Crippen LogP contribution in [0, 0.1) is 0 Å². The van der Waals surface area contributed by atoms with Gasteiger partial charge in [-0.3, -0.25) is 9.10 Å². The number of carbonyl (C=O) groups excluding carboxylic acids is 1. The summed E-state index contributed by atoms with van der Waals surface area (Å²) >= 11 is 0. The highest BCUT2D eigenvalue weighted by Crippen LogP contribution is 2.23. The number of hydrogen-bond acceptors (Lipinski definition) is 3. The summed E-state index contributed by atoms with van der Waals surface area (Å²) in [5.74, 6) is -0.220. The van der Waals surface area contributed by atoms with Crippen molar-refractivity contribution in [2.24, 2.45) is 0 Å². The lowest BCUT2D eigenvalue weighted by molar-refractivity contribution is -0.120. The first-order valence-electron chi connectivity index (χ1n) is 9.26. The number of nitrogens with zero attached hydrogens (tertiary/aromatic N) is 1. The van der Waals surface area contributed by atoms with E-state index in [1.807, 2.05) is 19.1 Å². The molecule has 1 aromatic rings. The molecule has 0 bridgehead atoms. The van der Waals surface area contributed by atoms with E-state index < -0.39 is 10.0 Å². The smallest absolute Gasteiger partial charge is 0.240 e. The molecule has 5 nitrogen and oxygen atoms in total. The predicted molar refractivity (Wildman–Crippen MR) is 102 cm³/mol. The van der Waals surface area contributed by atoms with E-state index in [0.29, 0.717) is 12.1 Å². The molecule has 1 N–H and O–H groups in total. The largest absolute Gasteiger partial charge is 0.352 e. The zero-order valence-electron chi connectivity index (χ0n) is 15.3. The van der Waals surface area contributed by atoms with Crippen molar-refractivity contribution >= 4 is 21.6 Å². The van der Waals surface area contributed by atoms with Crippen LogP contribution in [0.3, 0.4) is 0 Å². The molecule has 0 aliphatic heterocycles. The van der Waals surface area contributed by atoms with Crippen LogP contribution in [0.15, 0.2) is 24.3 Å². The van der Waals surface area contributed by atoms with E-state index in [2.05, 4.69) is 5.32 Å². The van der Waals surface area contributed by atoms with E-state index in [9.17, 15) is 13.2 Å². The molecule has 140 valence electrons. The minimum Gasteiger partial charge on any atom is -0.352 e. The van der Waals surface area contributed by atoms with Crippen LogP contribution in [0.1, 0.15) is 57.4 Å². The Balaban J connectivity index is 2.10. The molecule has 1 fully saturated rings. The van der Waals surface area contributed by atoms with Crippen molar-refractivity contribution in [3.05, 3.63) is 29.8 Å². The van der Waals surface area contributed by atoms with Gasteiger partial charge in [-0.15, -0.1) is 0 Å². The molecule has 0 heterocycles.